The second-order valence-electron chi connectivity index (χ2n) is 6.67. The Morgan fingerprint density at radius 1 is 1.33 bits per heavy atom. The summed E-state index contributed by atoms with van der Waals surface area (Å²) in [5, 5.41) is 6.72. The number of amides is 1. The number of furan rings is 1. The predicted molar refractivity (Wildman–Crippen MR) is 98.0 cm³/mol. The van der Waals surface area contributed by atoms with Crippen LogP contribution in [0.5, 0.6) is 0 Å². The van der Waals surface area contributed by atoms with Crippen LogP contribution >= 0.6 is 11.3 Å². The number of rotatable bonds is 4. The van der Waals surface area contributed by atoms with Crippen LogP contribution in [0.1, 0.15) is 42.9 Å². The molecule has 2 aromatic rings. The molecule has 1 aliphatic heterocycles. The molecule has 1 aliphatic carbocycles. The van der Waals surface area contributed by atoms with Crippen molar-refractivity contribution in [3.8, 4) is 0 Å². The highest BCUT2D eigenvalue weighted by Gasteiger charge is 2.48. The van der Waals surface area contributed by atoms with Gasteiger partial charge in [0.25, 0.3) is 0 Å². The van der Waals surface area contributed by atoms with Crippen LogP contribution in [0.3, 0.4) is 0 Å². The van der Waals surface area contributed by atoms with E-state index < -0.39 is 17.8 Å². The third kappa shape index (κ3) is 3.12. The monoisotopic (exact) mass is 385 g/mol. The highest BCUT2D eigenvalue weighted by molar-refractivity contribution is 7.08. The first kappa shape index (κ1) is 17.7. The van der Waals surface area contributed by atoms with E-state index in [1.54, 1.807) is 19.1 Å². The Bertz CT molecular complexity index is 897. The maximum absolute atomic E-state index is 13.4. The zero-order valence-corrected chi connectivity index (χ0v) is 15.6. The summed E-state index contributed by atoms with van der Waals surface area (Å²) in [5.74, 6) is -2.20. The quantitative estimate of drug-likeness (QED) is 0.646. The summed E-state index contributed by atoms with van der Waals surface area (Å²) >= 11 is 1.52. The number of thiophene rings is 1. The number of Topliss-reactive ketones (excluding diaryl/α,β-unsaturated/α-hetero) is 1. The molecule has 140 valence electrons. The minimum atomic E-state index is -0.967. The normalized spacial score (nSPS) is 25.1. The Balaban J connectivity index is 1.80. The molecule has 0 bridgehead atoms. The Morgan fingerprint density at radius 3 is 2.85 bits per heavy atom. The zero-order chi connectivity index (χ0) is 19.0. The van der Waals surface area contributed by atoms with E-state index >= 15 is 0 Å². The molecule has 0 aromatic carbocycles. The first-order valence-electron chi connectivity index (χ1n) is 8.89. The second kappa shape index (κ2) is 7.15. The fourth-order valence-corrected chi connectivity index (χ4v) is 4.70. The summed E-state index contributed by atoms with van der Waals surface area (Å²) in [4.78, 5) is 38.4. The van der Waals surface area contributed by atoms with Crippen LogP contribution in [-0.4, -0.2) is 24.3 Å². The van der Waals surface area contributed by atoms with Crippen molar-refractivity contribution >= 4 is 29.0 Å². The van der Waals surface area contributed by atoms with Crippen LogP contribution < -0.4 is 5.32 Å². The lowest BCUT2D eigenvalue weighted by molar-refractivity contribution is -0.152. The summed E-state index contributed by atoms with van der Waals surface area (Å²) in [6.07, 6.45) is 2.06. The van der Waals surface area contributed by atoms with Crippen LogP contribution in [0.15, 0.2) is 50.9 Å². The highest BCUT2D eigenvalue weighted by Crippen LogP contribution is 2.46. The average molecular weight is 385 g/mol. The van der Waals surface area contributed by atoms with Crippen molar-refractivity contribution in [2.45, 2.75) is 31.6 Å². The zero-order valence-electron chi connectivity index (χ0n) is 14.8. The van der Waals surface area contributed by atoms with E-state index in [4.69, 9.17) is 9.15 Å². The van der Waals surface area contributed by atoms with E-state index in [1.807, 2.05) is 16.8 Å². The first-order chi connectivity index (χ1) is 13.1. The number of esters is 1. The van der Waals surface area contributed by atoms with Gasteiger partial charge >= 0.3 is 5.97 Å². The minimum absolute atomic E-state index is 0.120. The molecule has 0 saturated heterocycles. The van der Waals surface area contributed by atoms with Gasteiger partial charge in [0.1, 0.15) is 11.7 Å². The molecule has 27 heavy (non-hydrogen) atoms. The molecule has 3 atom stereocenters. The number of carbonyl (C=O) groups is 3. The van der Waals surface area contributed by atoms with Gasteiger partial charge in [-0.3, -0.25) is 14.4 Å². The number of ether oxygens (including phenoxy) is 1. The molecular weight excluding hydrogens is 366 g/mol. The molecule has 1 N–H and O–H groups in total. The molecule has 6 nitrogen and oxygen atoms in total. The van der Waals surface area contributed by atoms with Gasteiger partial charge in [0, 0.05) is 29.5 Å². The number of hydrogen-bond donors (Lipinski definition) is 1. The van der Waals surface area contributed by atoms with E-state index in [0.717, 1.165) is 5.56 Å². The fraction of sp³-hybridized carbons (Fsp3) is 0.350. The van der Waals surface area contributed by atoms with Gasteiger partial charge < -0.3 is 14.5 Å². The molecule has 2 aromatic heterocycles. The van der Waals surface area contributed by atoms with Crippen LogP contribution in [0.25, 0.3) is 0 Å². The van der Waals surface area contributed by atoms with E-state index in [9.17, 15) is 14.4 Å². The lowest BCUT2D eigenvalue weighted by Gasteiger charge is -2.36. The van der Waals surface area contributed by atoms with Crippen molar-refractivity contribution in [1.82, 2.24) is 5.32 Å². The Labute approximate surface area is 160 Å². The summed E-state index contributed by atoms with van der Waals surface area (Å²) in [6.45, 7) is 1.91. The SMILES string of the molecule is CCOC(=O)[C@H]1C(=O)C2=C(C[C@H]1c1ccco1)NC(=O)C[C@H]2c1ccsc1. The van der Waals surface area contributed by atoms with Crippen molar-refractivity contribution in [3.63, 3.8) is 0 Å². The molecule has 0 spiro atoms. The van der Waals surface area contributed by atoms with Gasteiger partial charge in [-0.25, -0.2) is 0 Å². The summed E-state index contributed by atoms with van der Waals surface area (Å²) in [7, 11) is 0. The second-order valence-corrected chi connectivity index (χ2v) is 7.45. The van der Waals surface area contributed by atoms with Crippen LogP contribution in [-0.2, 0) is 19.1 Å². The largest absolute Gasteiger partial charge is 0.469 e. The molecule has 2 aliphatic rings. The van der Waals surface area contributed by atoms with Gasteiger partial charge in [-0.1, -0.05) is 0 Å². The summed E-state index contributed by atoms with van der Waals surface area (Å²) in [5.41, 5.74) is 2.04. The van der Waals surface area contributed by atoms with Gasteiger partial charge in [-0.2, -0.15) is 11.3 Å². The maximum atomic E-state index is 13.4. The smallest absolute Gasteiger partial charge is 0.317 e. The Morgan fingerprint density at radius 2 is 2.19 bits per heavy atom. The van der Waals surface area contributed by atoms with Crippen LogP contribution in [0, 0.1) is 5.92 Å². The van der Waals surface area contributed by atoms with E-state index in [1.165, 1.54) is 17.6 Å². The average Bonchev–Trinajstić information content (AvgIpc) is 3.34. The minimum Gasteiger partial charge on any atom is -0.469 e. The summed E-state index contributed by atoms with van der Waals surface area (Å²) in [6, 6.07) is 5.39. The molecule has 0 fully saturated rings. The summed E-state index contributed by atoms with van der Waals surface area (Å²) < 4.78 is 10.7. The molecule has 0 unspecified atom stereocenters. The fourth-order valence-electron chi connectivity index (χ4n) is 3.98. The molecule has 1 amide bonds. The number of carbonyl (C=O) groups excluding carboxylic acids is 3. The van der Waals surface area contributed by atoms with Crippen LogP contribution in [0.4, 0.5) is 0 Å². The van der Waals surface area contributed by atoms with Gasteiger partial charge in [-0.05, 0) is 47.9 Å². The Kier molecular flexibility index (Phi) is 4.70. The van der Waals surface area contributed by atoms with E-state index in [2.05, 4.69) is 5.32 Å². The molecule has 0 radical (unpaired) electrons. The van der Waals surface area contributed by atoms with Gasteiger partial charge in [0.05, 0.1) is 12.9 Å². The lowest BCUT2D eigenvalue weighted by atomic mass is 9.69. The molecule has 0 saturated carbocycles. The predicted octanol–water partition coefficient (Wildman–Crippen LogP) is 3.13. The van der Waals surface area contributed by atoms with Gasteiger partial charge in [0.2, 0.25) is 5.91 Å². The molecule has 4 rings (SSSR count). The lowest BCUT2D eigenvalue weighted by Crippen LogP contribution is -2.44. The van der Waals surface area contributed by atoms with E-state index in [0.29, 0.717) is 23.5 Å². The van der Waals surface area contributed by atoms with Crippen LogP contribution in [0.2, 0.25) is 0 Å². The first-order valence-corrected chi connectivity index (χ1v) is 9.83. The van der Waals surface area contributed by atoms with E-state index in [-0.39, 0.29) is 30.6 Å². The van der Waals surface area contributed by atoms with Gasteiger partial charge in [0.15, 0.2) is 5.78 Å². The van der Waals surface area contributed by atoms with Crippen molar-refractivity contribution in [1.29, 1.82) is 0 Å². The van der Waals surface area contributed by atoms with Crippen molar-refractivity contribution in [3.05, 3.63) is 57.8 Å². The number of hydrogen-bond acceptors (Lipinski definition) is 6. The number of ketones is 1. The third-order valence-corrected chi connectivity index (χ3v) is 5.82. The Hall–Kier alpha value is -2.67. The number of allylic oxidation sites excluding steroid dienone is 2. The topological polar surface area (TPSA) is 85.6 Å². The van der Waals surface area contributed by atoms with Crippen molar-refractivity contribution in [2.24, 2.45) is 5.92 Å². The maximum Gasteiger partial charge on any atom is 0.317 e. The van der Waals surface area contributed by atoms with Crippen molar-refractivity contribution < 1.29 is 23.5 Å². The molecule has 3 heterocycles. The third-order valence-electron chi connectivity index (χ3n) is 5.12. The van der Waals surface area contributed by atoms with Gasteiger partial charge in [-0.15, -0.1) is 0 Å². The number of nitrogens with one attached hydrogen (secondary N) is 1. The standard InChI is InChI=1S/C20H19NO5S/c1-2-25-20(24)18-13(15-4-3-6-26-15)8-14-17(19(18)23)12(9-16(22)21-14)11-5-7-27-10-11/h3-7,10,12-13,18H,2,8-9H2,1H3,(H,21,22)/t12-,13-,18+/m0/s1. The highest BCUT2D eigenvalue weighted by atomic mass is 32.1. The molecule has 7 heteroatoms. The van der Waals surface area contributed by atoms with Crippen molar-refractivity contribution in [2.75, 3.05) is 6.61 Å². The molecular formula is C20H19NO5S.